The Morgan fingerprint density at radius 3 is 2.40 bits per heavy atom. The molecule has 0 atom stereocenters. The van der Waals surface area contributed by atoms with Gasteiger partial charge in [-0.1, -0.05) is 11.6 Å². The summed E-state index contributed by atoms with van der Waals surface area (Å²) in [7, 11) is 2.12. The number of likely N-dealkylation sites (tertiary alicyclic amines) is 1. The van der Waals surface area contributed by atoms with E-state index >= 15 is 0 Å². The van der Waals surface area contributed by atoms with Gasteiger partial charge in [-0.3, -0.25) is 0 Å². The summed E-state index contributed by atoms with van der Waals surface area (Å²) in [5, 5.41) is 6.08. The van der Waals surface area contributed by atoms with E-state index in [0.717, 1.165) is 25.9 Å². The lowest BCUT2D eigenvalue weighted by atomic mass is 10.1. The predicted molar refractivity (Wildman–Crippen MR) is 99.5 cm³/mol. The van der Waals surface area contributed by atoms with E-state index in [1.807, 2.05) is 0 Å². The Labute approximate surface area is 152 Å². The molecule has 6 nitrogen and oxygen atoms in total. The minimum absolute atomic E-state index is 0.204. The molecule has 0 spiro atoms. The second kappa shape index (κ2) is 8.18. The molecule has 2 aromatic rings. The van der Waals surface area contributed by atoms with Crippen LogP contribution in [0.3, 0.4) is 0 Å². The molecule has 1 aliphatic heterocycles. The maximum atomic E-state index is 12.0. The van der Waals surface area contributed by atoms with Crippen molar-refractivity contribution in [1.82, 2.24) is 9.88 Å². The molecular formula is C18H21ClN4O2. The summed E-state index contributed by atoms with van der Waals surface area (Å²) in [5.74, 6) is 0.582. The van der Waals surface area contributed by atoms with Crippen molar-refractivity contribution in [2.45, 2.75) is 18.9 Å². The number of nitrogens with zero attached hydrogens (tertiary/aromatic N) is 2. The van der Waals surface area contributed by atoms with Crippen LogP contribution in [0.25, 0.3) is 0 Å². The number of anilines is 2. The summed E-state index contributed by atoms with van der Waals surface area (Å²) in [6, 6.07) is 10.1. The Morgan fingerprint density at radius 1 is 1.12 bits per heavy atom. The largest absolute Gasteiger partial charge is 0.474 e. The number of rotatable bonds is 4. The standard InChI is InChI=1S/C18H21ClN4O2/c1-23-10-8-16(9-11-23)25-17-7-6-15(12-20-17)22-18(24)21-14-4-2-13(19)3-5-14/h2-7,12,16H,8-11H2,1H3,(H2,21,22,24). The molecule has 2 amide bonds. The first kappa shape index (κ1) is 17.5. The maximum Gasteiger partial charge on any atom is 0.323 e. The highest BCUT2D eigenvalue weighted by Gasteiger charge is 2.18. The van der Waals surface area contributed by atoms with Gasteiger partial charge in [-0.25, -0.2) is 9.78 Å². The fourth-order valence-corrected chi connectivity index (χ4v) is 2.75. The van der Waals surface area contributed by atoms with Crippen molar-refractivity contribution >= 4 is 29.0 Å². The van der Waals surface area contributed by atoms with E-state index in [0.29, 0.717) is 22.3 Å². The van der Waals surface area contributed by atoms with E-state index < -0.39 is 0 Å². The lowest BCUT2D eigenvalue weighted by Crippen LogP contribution is -2.35. The molecule has 1 aromatic carbocycles. The fourth-order valence-electron chi connectivity index (χ4n) is 2.62. The molecule has 1 fully saturated rings. The van der Waals surface area contributed by atoms with Crippen LogP contribution in [0.15, 0.2) is 42.6 Å². The monoisotopic (exact) mass is 360 g/mol. The number of urea groups is 1. The normalized spacial score (nSPS) is 15.6. The van der Waals surface area contributed by atoms with Crippen molar-refractivity contribution in [1.29, 1.82) is 0 Å². The second-order valence-corrected chi connectivity index (χ2v) is 6.53. The van der Waals surface area contributed by atoms with Crippen molar-refractivity contribution in [2.24, 2.45) is 0 Å². The van der Waals surface area contributed by atoms with Gasteiger partial charge in [0.05, 0.1) is 11.9 Å². The van der Waals surface area contributed by atoms with Crippen LogP contribution in [0.4, 0.5) is 16.2 Å². The summed E-state index contributed by atoms with van der Waals surface area (Å²) in [4.78, 5) is 18.5. The molecule has 1 aromatic heterocycles. The number of nitrogens with one attached hydrogen (secondary N) is 2. The van der Waals surface area contributed by atoms with E-state index in [9.17, 15) is 4.79 Å². The number of amides is 2. The van der Waals surface area contributed by atoms with Gasteiger partial charge in [-0.15, -0.1) is 0 Å². The zero-order valence-corrected chi connectivity index (χ0v) is 14.8. The molecule has 0 unspecified atom stereocenters. The third-order valence-corrected chi connectivity index (χ3v) is 4.30. The van der Waals surface area contributed by atoms with Gasteiger partial charge in [-0.05, 0) is 50.2 Å². The molecule has 0 bridgehead atoms. The predicted octanol–water partition coefficient (Wildman–Crippen LogP) is 3.85. The highest BCUT2D eigenvalue weighted by molar-refractivity contribution is 6.30. The van der Waals surface area contributed by atoms with Gasteiger partial charge in [0.25, 0.3) is 0 Å². The Balaban J connectivity index is 1.50. The Kier molecular flexibility index (Phi) is 5.73. The van der Waals surface area contributed by atoms with Crippen LogP contribution in [0, 0.1) is 0 Å². The number of carbonyl (C=O) groups is 1. The molecule has 2 heterocycles. The van der Waals surface area contributed by atoms with E-state index in [4.69, 9.17) is 16.3 Å². The molecule has 0 aliphatic carbocycles. The topological polar surface area (TPSA) is 66.5 Å². The number of aromatic nitrogens is 1. The van der Waals surface area contributed by atoms with Crippen LogP contribution < -0.4 is 15.4 Å². The Morgan fingerprint density at radius 2 is 1.76 bits per heavy atom. The molecule has 1 saturated heterocycles. The summed E-state index contributed by atoms with van der Waals surface area (Å²) in [6.45, 7) is 2.07. The first-order valence-corrected chi connectivity index (χ1v) is 8.61. The number of hydrogen-bond acceptors (Lipinski definition) is 4. The third kappa shape index (κ3) is 5.34. The number of pyridine rings is 1. The van der Waals surface area contributed by atoms with Gasteiger partial charge in [0.1, 0.15) is 6.10 Å². The molecule has 3 rings (SSSR count). The first-order valence-electron chi connectivity index (χ1n) is 8.23. The third-order valence-electron chi connectivity index (χ3n) is 4.05. The molecular weight excluding hydrogens is 340 g/mol. The molecule has 25 heavy (non-hydrogen) atoms. The number of halogens is 1. The smallest absolute Gasteiger partial charge is 0.323 e. The van der Waals surface area contributed by atoms with Crippen LogP contribution in [-0.2, 0) is 0 Å². The summed E-state index contributed by atoms with van der Waals surface area (Å²) in [5.41, 5.74) is 1.26. The number of piperidine rings is 1. The zero-order valence-electron chi connectivity index (χ0n) is 14.0. The number of ether oxygens (including phenoxy) is 1. The van der Waals surface area contributed by atoms with Gasteiger partial charge >= 0.3 is 6.03 Å². The van der Waals surface area contributed by atoms with Crippen LogP contribution in [-0.4, -0.2) is 42.2 Å². The quantitative estimate of drug-likeness (QED) is 0.869. The Bertz CT molecular complexity index is 698. The highest BCUT2D eigenvalue weighted by atomic mass is 35.5. The number of benzene rings is 1. The second-order valence-electron chi connectivity index (χ2n) is 6.09. The van der Waals surface area contributed by atoms with Gasteiger partial charge < -0.3 is 20.3 Å². The Hall–Kier alpha value is -2.31. The molecule has 0 saturated carbocycles. The average Bonchev–Trinajstić information content (AvgIpc) is 2.61. The molecule has 0 radical (unpaired) electrons. The van der Waals surface area contributed by atoms with Crippen molar-refractivity contribution in [2.75, 3.05) is 30.8 Å². The van der Waals surface area contributed by atoms with Crippen molar-refractivity contribution in [3.05, 3.63) is 47.6 Å². The first-order chi connectivity index (χ1) is 12.1. The fraction of sp³-hybridized carbons (Fsp3) is 0.333. The van der Waals surface area contributed by atoms with Gasteiger partial charge in [0.15, 0.2) is 0 Å². The highest BCUT2D eigenvalue weighted by Crippen LogP contribution is 2.18. The summed E-state index contributed by atoms with van der Waals surface area (Å²) in [6.07, 6.45) is 3.80. The van der Waals surface area contributed by atoms with Gasteiger partial charge in [-0.2, -0.15) is 0 Å². The lowest BCUT2D eigenvalue weighted by molar-refractivity contribution is 0.110. The van der Waals surface area contributed by atoms with Gasteiger partial charge in [0, 0.05) is 29.9 Å². The van der Waals surface area contributed by atoms with E-state index in [1.54, 1.807) is 42.6 Å². The van der Waals surface area contributed by atoms with Crippen LogP contribution in [0.1, 0.15) is 12.8 Å². The summed E-state index contributed by atoms with van der Waals surface area (Å²) < 4.78 is 5.89. The molecule has 7 heteroatoms. The van der Waals surface area contributed by atoms with Crippen LogP contribution in [0.5, 0.6) is 5.88 Å². The minimum Gasteiger partial charge on any atom is -0.474 e. The van der Waals surface area contributed by atoms with E-state index in [-0.39, 0.29) is 12.1 Å². The zero-order chi connectivity index (χ0) is 17.6. The average molecular weight is 361 g/mol. The number of carbonyl (C=O) groups excluding carboxylic acids is 1. The molecule has 2 N–H and O–H groups in total. The van der Waals surface area contributed by atoms with Crippen molar-refractivity contribution in [3.8, 4) is 5.88 Å². The van der Waals surface area contributed by atoms with Crippen LogP contribution >= 0.6 is 11.6 Å². The van der Waals surface area contributed by atoms with Crippen molar-refractivity contribution < 1.29 is 9.53 Å². The minimum atomic E-state index is -0.340. The molecule has 132 valence electrons. The van der Waals surface area contributed by atoms with Crippen molar-refractivity contribution in [3.63, 3.8) is 0 Å². The molecule has 1 aliphatic rings. The number of hydrogen-bond donors (Lipinski definition) is 2. The maximum absolute atomic E-state index is 12.0. The SMILES string of the molecule is CN1CCC(Oc2ccc(NC(=O)Nc3ccc(Cl)cc3)cn2)CC1. The summed E-state index contributed by atoms with van der Waals surface area (Å²) >= 11 is 5.82. The lowest BCUT2D eigenvalue weighted by Gasteiger charge is -2.28. The van der Waals surface area contributed by atoms with Gasteiger partial charge in [0.2, 0.25) is 5.88 Å². The van der Waals surface area contributed by atoms with Crippen LogP contribution in [0.2, 0.25) is 5.02 Å². The van der Waals surface area contributed by atoms with E-state index in [2.05, 4.69) is 27.6 Å². The van der Waals surface area contributed by atoms with E-state index in [1.165, 1.54) is 0 Å².